The Balaban J connectivity index is 1.33. The molecule has 0 spiro atoms. The maximum absolute atomic E-state index is 4.50. The minimum absolute atomic E-state index is 0.807. The number of nitrogens with zero attached hydrogens (tertiary/aromatic N) is 5. The van der Waals surface area contributed by atoms with Gasteiger partial charge in [-0.1, -0.05) is 85.1 Å². The van der Waals surface area contributed by atoms with Crippen LogP contribution in [0.5, 0.6) is 0 Å². The highest BCUT2D eigenvalue weighted by molar-refractivity contribution is 6.09. The van der Waals surface area contributed by atoms with E-state index in [9.17, 15) is 0 Å². The molecule has 5 nitrogen and oxygen atoms in total. The van der Waals surface area contributed by atoms with Gasteiger partial charge in [-0.05, 0) is 68.5 Å². The van der Waals surface area contributed by atoms with Gasteiger partial charge in [-0.25, -0.2) is 4.68 Å². The highest BCUT2D eigenvalue weighted by Gasteiger charge is 2.14. The van der Waals surface area contributed by atoms with Crippen LogP contribution >= 0.6 is 0 Å². The van der Waals surface area contributed by atoms with Crippen molar-refractivity contribution in [2.24, 2.45) is 0 Å². The summed E-state index contributed by atoms with van der Waals surface area (Å²) in [5.74, 6) is 0. The fourth-order valence-electron chi connectivity index (χ4n) is 5.39. The molecule has 0 radical (unpaired) electrons. The molecule has 5 heteroatoms. The van der Waals surface area contributed by atoms with Crippen molar-refractivity contribution in [3.8, 4) is 22.6 Å². The third-order valence-corrected chi connectivity index (χ3v) is 7.21. The maximum atomic E-state index is 4.50. The fourth-order valence-corrected chi connectivity index (χ4v) is 5.39. The van der Waals surface area contributed by atoms with E-state index < -0.39 is 0 Å². The zero-order chi connectivity index (χ0) is 28.3. The molecule has 0 amide bonds. The van der Waals surface area contributed by atoms with Gasteiger partial charge in [0, 0.05) is 39.1 Å². The molecule has 4 aromatic carbocycles. The Hall–Kier alpha value is -5.42. The highest BCUT2D eigenvalue weighted by atomic mass is 15.4. The zero-order valence-corrected chi connectivity index (χ0v) is 23.3. The highest BCUT2D eigenvalue weighted by Crippen LogP contribution is 2.32. The summed E-state index contributed by atoms with van der Waals surface area (Å²) in [6, 6.07) is 33.8. The van der Waals surface area contributed by atoms with Crippen molar-refractivity contribution in [1.29, 1.82) is 0 Å². The predicted octanol–water partition coefficient (Wildman–Crippen LogP) is 9.02. The van der Waals surface area contributed by atoms with Crippen molar-refractivity contribution < 1.29 is 0 Å². The molecule has 2 heterocycles. The number of fused-ring (bicyclic) bond motifs is 3. The minimum Gasteiger partial charge on any atom is -0.315 e. The van der Waals surface area contributed by atoms with Crippen molar-refractivity contribution >= 4 is 27.5 Å². The van der Waals surface area contributed by atoms with Crippen LogP contribution in [-0.4, -0.2) is 19.6 Å². The molecule has 0 unspecified atom stereocenters. The quantitative estimate of drug-likeness (QED) is 0.183. The number of aromatic nitrogens is 4. The molecule has 0 atom stereocenters. The van der Waals surface area contributed by atoms with Crippen molar-refractivity contribution in [2.75, 3.05) is 4.90 Å². The van der Waals surface area contributed by atoms with E-state index in [-0.39, 0.29) is 0 Å². The van der Waals surface area contributed by atoms with Crippen LogP contribution < -0.4 is 4.90 Å². The summed E-state index contributed by atoms with van der Waals surface area (Å²) < 4.78 is 4.12. The SMILES string of the molecule is C=CC=C(C)N(C(=C)C=CC)c1cccc(-n2cc(-c3ccc(-n4c5ccccc5c5ccccc54)cc3)nn2)c1. The Morgan fingerprint density at radius 2 is 1.51 bits per heavy atom. The molecule has 0 bridgehead atoms. The molecule has 0 aliphatic rings. The molecule has 0 aliphatic carbocycles. The van der Waals surface area contributed by atoms with Gasteiger partial charge in [0.2, 0.25) is 0 Å². The van der Waals surface area contributed by atoms with Crippen LogP contribution in [0, 0.1) is 0 Å². The lowest BCUT2D eigenvalue weighted by Gasteiger charge is -2.26. The normalized spacial score (nSPS) is 11.9. The van der Waals surface area contributed by atoms with Crippen LogP contribution in [0.1, 0.15) is 13.8 Å². The number of hydrogen-bond donors (Lipinski definition) is 0. The molecule has 200 valence electrons. The van der Waals surface area contributed by atoms with Crippen LogP contribution in [0.3, 0.4) is 0 Å². The Labute approximate surface area is 240 Å². The van der Waals surface area contributed by atoms with Crippen molar-refractivity contribution in [1.82, 2.24) is 19.6 Å². The molecule has 2 aromatic heterocycles. The number of para-hydroxylation sites is 2. The van der Waals surface area contributed by atoms with Crippen molar-refractivity contribution in [3.05, 3.63) is 152 Å². The summed E-state index contributed by atoms with van der Waals surface area (Å²) in [5.41, 5.74) is 9.07. The smallest absolute Gasteiger partial charge is 0.113 e. The fraction of sp³-hybridized carbons (Fsp3) is 0.0556. The van der Waals surface area contributed by atoms with Crippen LogP contribution in [0.15, 0.2) is 152 Å². The van der Waals surface area contributed by atoms with Gasteiger partial charge < -0.3 is 9.47 Å². The standard InChI is InChI=1S/C36H31N5/c1-5-12-26(3)40(27(4)13-6-2)31-15-11-14-30(24-31)39-25-34(37-38-39)28-20-22-29(23-21-28)41-35-18-9-7-16-32(35)33-17-8-10-19-36(33)41/h5-25H,1,4H2,2-3H3. The molecule has 0 aliphatic heterocycles. The Kier molecular flexibility index (Phi) is 6.92. The molecule has 41 heavy (non-hydrogen) atoms. The van der Waals surface area contributed by atoms with Crippen LogP contribution in [0.4, 0.5) is 5.69 Å². The molecule has 0 saturated heterocycles. The third-order valence-electron chi connectivity index (χ3n) is 7.21. The zero-order valence-electron chi connectivity index (χ0n) is 23.3. The van der Waals surface area contributed by atoms with E-state index in [1.54, 1.807) is 6.08 Å². The van der Waals surface area contributed by atoms with Gasteiger partial charge in [0.25, 0.3) is 0 Å². The Bertz CT molecular complexity index is 1900. The van der Waals surface area contributed by atoms with Crippen molar-refractivity contribution in [2.45, 2.75) is 13.8 Å². The molecular weight excluding hydrogens is 502 g/mol. The summed E-state index contributed by atoms with van der Waals surface area (Å²) in [6.07, 6.45) is 9.69. The van der Waals surface area contributed by atoms with E-state index in [0.29, 0.717) is 0 Å². The van der Waals surface area contributed by atoms with E-state index in [4.69, 9.17) is 0 Å². The lowest BCUT2D eigenvalue weighted by Crippen LogP contribution is -2.18. The van der Waals surface area contributed by atoms with E-state index in [2.05, 4.69) is 118 Å². The van der Waals surface area contributed by atoms with Crippen LogP contribution in [0.2, 0.25) is 0 Å². The van der Waals surface area contributed by atoms with E-state index in [0.717, 1.165) is 39.7 Å². The number of hydrogen-bond acceptors (Lipinski definition) is 3. The average Bonchev–Trinajstić information content (AvgIpc) is 3.62. The van der Waals surface area contributed by atoms with Gasteiger partial charge in [-0.15, -0.1) is 5.10 Å². The van der Waals surface area contributed by atoms with Gasteiger partial charge in [-0.2, -0.15) is 0 Å². The largest absolute Gasteiger partial charge is 0.315 e. The maximum Gasteiger partial charge on any atom is 0.113 e. The molecule has 0 N–H and O–H groups in total. The molecule has 6 rings (SSSR count). The second kappa shape index (κ2) is 11.0. The van der Waals surface area contributed by atoms with E-state index in [1.807, 2.05) is 55.1 Å². The Morgan fingerprint density at radius 1 is 0.829 bits per heavy atom. The summed E-state index contributed by atoms with van der Waals surface area (Å²) in [6.45, 7) is 12.1. The average molecular weight is 534 g/mol. The van der Waals surface area contributed by atoms with Gasteiger partial charge >= 0.3 is 0 Å². The van der Waals surface area contributed by atoms with Crippen LogP contribution in [-0.2, 0) is 0 Å². The Morgan fingerprint density at radius 3 is 2.17 bits per heavy atom. The number of allylic oxidation sites excluding steroid dienone is 5. The summed E-state index contributed by atoms with van der Waals surface area (Å²) >= 11 is 0. The van der Waals surface area contributed by atoms with Gasteiger partial charge in [-0.3, -0.25) is 0 Å². The number of anilines is 1. The van der Waals surface area contributed by atoms with Gasteiger partial charge in [0.05, 0.1) is 22.9 Å². The first-order valence-electron chi connectivity index (χ1n) is 13.6. The lowest BCUT2D eigenvalue weighted by molar-refractivity contribution is 0.803. The number of benzene rings is 4. The van der Waals surface area contributed by atoms with E-state index >= 15 is 0 Å². The second-order valence-corrected chi connectivity index (χ2v) is 9.86. The monoisotopic (exact) mass is 533 g/mol. The molecule has 0 fully saturated rings. The molecule has 0 saturated carbocycles. The minimum atomic E-state index is 0.807. The summed E-state index contributed by atoms with van der Waals surface area (Å²) in [5, 5.41) is 11.5. The van der Waals surface area contributed by atoms with E-state index in [1.165, 1.54) is 21.8 Å². The second-order valence-electron chi connectivity index (χ2n) is 9.86. The van der Waals surface area contributed by atoms with Crippen LogP contribution in [0.25, 0.3) is 44.4 Å². The number of rotatable bonds is 8. The lowest BCUT2D eigenvalue weighted by atomic mass is 10.1. The summed E-state index contributed by atoms with van der Waals surface area (Å²) in [7, 11) is 0. The first kappa shape index (κ1) is 25.8. The molecule has 6 aromatic rings. The first-order chi connectivity index (χ1) is 20.1. The van der Waals surface area contributed by atoms with Crippen molar-refractivity contribution in [3.63, 3.8) is 0 Å². The summed E-state index contributed by atoms with van der Waals surface area (Å²) in [4.78, 5) is 2.09. The van der Waals surface area contributed by atoms with Gasteiger partial charge in [0.1, 0.15) is 5.69 Å². The molecular formula is C36H31N5. The third kappa shape index (κ3) is 4.79. The topological polar surface area (TPSA) is 38.9 Å². The predicted molar refractivity (Wildman–Crippen MR) is 172 cm³/mol. The van der Waals surface area contributed by atoms with Gasteiger partial charge in [0.15, 0.2) is 0 Å². The first-order valence-corrected chi connectivity index (χ1v) is 13.6.